The fourth-order valence-corrected chi connectivity index (χ4v) is 1.91. The number of hydrogen-bond acceptors (Lipinski definition) is 3. The van der Waals surface area contributed by atoms with Crippen molar-refractivity contribution in [1.29, 1.82) is 0 Å². The van der Waals surface area contributed by atoms with Crippen LogP contribution in [0.2, 0.25) is 0 Å². The summed E-state index contributed by atoms with van der Waals surface area (Å²) in [6, 6.07) is 8.00. The first-order valence-electron chi connectivity index (χ1n) is 6.08. The Balaban J connectivity index is 2.33. The Hall–Kier alpha value is -2.89. The van der Waals surface area contributed by atoms with Crippen LogP contribution in [0, 0.1) is 12.7 Å². The summed E-state index contributed by atoms with van der Waals surface area (Å²) in [4.78, 5) is 23.2. The van der Waals surface area contributed by atoms with Gasteiger partial charge in [-0.05, 0) is 48.9 Å². The van der Waals surface area contributed by atoms with Gasteiger partial charge >= 0.3 is 5.97 Å². The lowest BCUT2D eigenvalue weighted by atomic mass is 10.1. The summed E-state index contributed by atoms with van der Waals surface area (Å²) in [5.74, 6) is -2.34. The van der Waals surface area contributed by atoms with Crippen molar-refractivity contribution >= 4 is 23.3 Å². The van der Waals surface area contributed by atoms with Crippen molar-refractivity contribution in [2.45, 2.75) is 6.92 Å². The van der Waals surface area contributed by atoms with E-state index >= 15 is 0 Å². The number of rotatable bonds is 3. The predicted molar refractivity (Wildman–Crippen MR) is 76.9 cm³/mol. The van der Waals surface area contributed by atoms with Gasteiger partial charge in [-0.1, -0.05) is 0 Å². The number of amides is 1. The first-order valence-corrected chi connectivity index (χ1v) is 6.08. The van der Waals surface area contributed by atoms with Crippen molar-refractivity contribution < 1.29 is 19.1 Å². The van der Waals surface area contributed by atoms with Gasteiger partial charge in [-0.2, -0.15) is 0 Å². The second kappa shape index (κ2) is 5.62. The minimum atomic E-state index is -1.21. The molecule has 0 unspecified atom stereocenters. The molecule has 21 heavy (non-hydrogen) atoms. The maximum Gasteiger partial charge on any atom is 0.337 e. The van der Waals surface area contributed by atoms with E-state index in [2.05, 4.69) is 5.32 Å². The number of halogens is 1. The molecule has 6 heteroatoms. The minimum Gasteiger partial charge on any atom is -0.478 e. The third kappa shape index (κ3) is 3.36. The van der Waals surface area contributed by atoms with Crippen LogP contribution in [0.1, 0.15) is 26.3 Å². The molecule has 0 aliphatic heterocycles. The van der Waals surface area contributed by atoms with Gasteiger partial charge in [0.2, 0.25) is 0 Å². The standard InChI is InChI=1S/C15H13FN2O3/c1-8-4-9(6-10(16)5-8)14(19)18-13-3-2-11(17)7-12(13)15(20)21/h2-7H,17H2,1H3,(H,18,19)(H,20,21). The molecule has 0 aliphatic rings. The summed E-state index contributed by atoms with van der Waals surface area (Å²) in [6.07, 6.45) is 0. The SMILES string of the molecule is Cc1cc(F)cc(C(=O)Nc2ccc(N)cc2C(=O)O)c1. The van der Waals surface area contributed by atoms with Gasteiger partial charge in [0.05, 0.1) is 11.3 Å². The van der Waals surface area contributed by atoms with Gasteiger partial charge < -0.3 is 16.2 Å². The van der Waals surface area contributed by atoms with E-state index in [4.69, 9.17) is 10.8 Å². The Morgan fingerprint density at radius 2 is 1.90 bits per heavy atom. The topological polar surface area (TPSA) is 92.4 Å². The number of anilines is 2. The molecule has 2 aromatic carbocycles. The number of aromatic carboxylic acids is 1. The minimum absolute atomic E-state index is 0.101. The molecule has 0 saturated carbocycles. The average molecular weight is 288 g/mol. The first kappa shape index (κ1) is 14.5. The second-order valence-corrected chi connectivity index (χ2v) is 4.58. The first-order chi connectivity index (χ1) is 9.86. The summed E-state index contributed by atoms with van der Waals surface area (Å²) in [6.45, 7) is 1.66. The number of carbonyl (C=O) groups excluding carboxylic acids is 1. The largest absolute Gasteiger partial charge is 0.478 e. The number of carbonyl (C=O) groups is 2. The lowest BCUT2D eigenvalue weighted by Gasteiger charge is -2.10. The molecule has 1 amide bonds. The number of carboxylic acids is 1. The summed E-state index contributed by atoms with van der Waals surface area (Å²) in [5, 5.41) is 11.5. The van der Waals surface area contributed by atoms with Crippen molar-refractivity contribution in [3.05, 3.63) is 58.9 Å². The van der Waals surface area contributed by atoms with E-state index < -0.39 is 17.7 Å². The lowest BCUT2D eigenvalue weighted by Crippen LogP contribution is -2.15. The normalized spacial score (nSPS) is 10.2. The molecule has 5 nitrogen and oxygen atoms in total. The Labute approximate surface area is 120 Å². The van der Waals surface area contributed by atoms with E-state index in [1.807, 2.05) is 0 Å². The molecule has 0 aliphatic carbocycles. The quantitative estimate of drug-likeness (QED) is 0.757. The number of hydrogen-bond donors (Lipinski definition) is 3. The molecule has 0 heterocycles. The van der Waals surface area contributed by atoms with E-state index in [1.165, 1.54) is 30.3 Å². The highest BCUT2D eigenvalue weighted by Crippen LogP contribution is 2.20. The van der Waals surface area contributed by atoms with Gasteiger partial charge in [-0.25, -0.2) is 9.18 Å². The molecule has 0 atom stereocenters. The Morgan fingerprint density at radius 3 is 2.52 bits per heavy atom. The van der Waals surface area contributed by atoms with Crippen LogP contribution in [0.4, 0.5) is 15.8 Å². The van der Waals surface area contributed by atoms with Crippen molar-refractivity contribution in [3.8, 4) is 0 Å². The number of benzene rings is 2. The summed E-state index contributed by atoms with van der Waals surface area (Å²) >= 11 is 0. The van der Waals surface area contributed by atoms with Crippen LogP contribution in [0.15, 0.2) is 36.4 Å². The fraction of sp³-hybridized carbons (Fsp3) is 0.0667. The van der Waals surface area contributed by atoms with Gasteiger partial charge in [0.1, 0.15) is 5.82 Å². The number of nitrogen functional groups attached to an aromatic ring is 1. The number of nitrogens with one attached hydrogen (secondary N) is 1. The van der Waals surface area contributed by atoms with Crippen LogP contribution in [-0.2, 0) is 0 Å². The number of nitrogens with two attached hydrogens (primary N) is 1. The van der Waals surface area contributed by atoms with Gasteiger partial charge in [0.15, 0.2) is 0 Å². The van der Waals surface area contributed by atoms with Crippen LogP contribution in [0.5, 0.6) is 0 Å². The third-order valence-corrected chi connectivity index (χ3v) is 2.83. The highest BCUT2D eigenvalue weighted by Gasteiger charge is 2.14. The average Bonchev–Trinajstić information content (AvgIpc) is 2.39. The summed E-state index contributed by atoms with van der Waals surface area (Å²) in [5.41, 5.74) is 6.47. The predicted octanol–water partition coefficient (Wildman–Crippen LogP) is 2.67. The molecule has 0 fully saturated rings. The van der Waals surface area contributed by atoms with Crippen LogP contribution in [-0.4, -0.2) is 17.0 Å². The van der Waals surface area contributed by atoms with Crippen molar-refractivity contribution in [2.75, 3.05) is 11.1 Å². The van der Waals surface area contributed by atoms with Crippen molar-refractivity contribution in [1.82, 2.24) is 0 Å². The molecular formula is C15H13FN2O3. The zero-order valence-electron chi connectivity index (χ0n) is 11.2. The Morgan fingerprint density at radius 1 is 1.19 bits per heavy atom. The van der Waals surface area contributed by atoms with E-state index in [1.54, 1.807) is 6.92 Å². The van der Waals surface area contributed by atoms with Gasteiger partial charge in [0.25, 0.3) is 5.91 Å². The fourth-order valence-electron chi connectivity index (χ4n) is 1.91. The highest BCUT2D eigenvalue weighted by molar-refractivity contribution is 6.08. The number of aryl methyl sites for hydroxylation is 1. The summed E-state index contributed by atoms with van der Waals surface area (Å²) < 4.78 is 13.3. The maximum atomic E-state index is 13.3. The monoisotopic (exact) mass is 288 g/mol. The summed E-state index contributed by atoms with van der Waals surface area (Å²) in [7, 11) is 0. The molecule has 0 saturated heterocycles. The van der Waals surface area contributed by atoms with Crippen molar-refractivity contribution in [3.63, 3.8) is 0 Å². The molecule has 4 N–H and O–H groups in total. The van der Waals surface area contributed by atoms with E-state index in [9.17, 15) is 14.0 Å². The smallest absolute Gasteiger partial charge is 0.337 e. The van der Waals surface area contributed by atoms with Gasteiger partial charge in [-0.15, -0.1) is 0 Å². The highest BCUT2D eigenvalue weighted by atomic mass is 19.1. The number of carboxylic acid groups (broad SMARTS) is 1. The molecule has 0 aromatic heterocycles. The molecule has 0 radical (unpaired) electrons. The molecule has 108 valence electrons. The van der Waals surface area contributed by atoms with Crippen molar-refractivity contribution in [2.24, 2.45) is 0 Å². The van der Waals surface area contributed by atoms with Crippen LogP contribution < -0.4 is 11.1 Å². The second-order valence-electron chi connectivity index (χ2n) is 4.58. The van der Waals surface area contributed by atoms with E-state index in [-0.39, 0.29) is 22.5 Å². The molecule has 0 bridgehead atoms. The van der Waals surface area contributed by atoms with E-state index in [0.717, 1.165) is 6.07 Å². The zero-order chi connectivity index (χ0) is 15.6. The Kier molecular flexibility index (Phi) is 3.89. The van der Waals surface area contributed by atoms with Gasteiger partial charge in [-0.3, -0.25) is 4.79 Å². The van der Waals surface area contributed by atoms with Crippen LogP contribution >= 0.6 is 0 Å². The maximum absolute atomic E-state index is 13.3. The van der Waals surface area contributed by atoms with Crippen LogP contribution in [0.3, 0.4) is 0 Å². The Bertz CT molecular complexity index is 709. The lowest BCUT2D eigenvalue weighted by molar-refractivity contribution is 0.0698. The third-order valence-electron chi connectivity index (χ3n) is 2.83. The van der Waals surface area contributed by atoms with E-state index in [0.29, 0.717) is 5.56 Å². The molecule has 0 spiro atoms. The van der Waals surface area contributed by atoms with Crippen LogP contribution in [0.25, 0.3) is 0 Å². The molecule has 2 rings (SSSR count). The molecular weight excluding hydrogens is 275 g/mol. The van der Waals surface area contributed by atoms with Gasteiger partial charge in [0, 0.05) is 11.3 Å². The zero-order valence-corrected chi connectivity index (χ0v) is 11.2. The molecule has 2 aromatic rings.